The van der Waals surface area contributed by atoms with E-state index in [2.05, 4.69) is 41.5 Å². The molecule has 3 rings (SSSR count). The Balaban J connectivity index is 0.00000232. The van der Waals surface area contributed by atoms with E-state index in [-0.39, 0.29) is 5.92 Å². The number of nitrogens with one attached hydrogen (secondary N) is 2. The van der Waals surface area contributed by atoms with Gasteiger partial charge in [-0.3, -0.25) is 0 Å². The quantitative estimate of drug-likeness (QED) is 0.157. The molecule has 3 aromatic rings. The van der Waals surface area contributed by atoms with Gasteiger partial charge in [0.2, 0.25) is 0 Å². The van der Waals surface area contributed by atoms with Gasteiger partial charge in [-0.25, -0.2) is 0 Å². The van der Waals surface area contributed by atoms with Crippen LogP contribution in [0.1, 0.15) is 71.1 Å². The minimum Gasteiger partial charge on any atom is -0.355 e. The number of benzene rings is 3. The van der Waals surface area contributed by atoms with Crippen molar-refractivity contribution in [3.63, 3.8) is 0 Å². The normalized spacial score (nSPS) is 12.9. The fraction of sp³-hybridized carbons (Fsp3) is 0.211. The van der Waals surface area contributed by atoms with Crippen molar-refractivity contribution in [2.45, 2.75) is 54.4 Å². The molecular formula is C38H44Cl4N2. The van der Waals surface area contributed by atoms with Gasteiger partial charge in [0.15, 0.2) is 0 Å². The zero-order chi connectivity index (χ0) is 33.1. The molecule has 0 fully saturated rings. The highest BCUT2D eigenvalue weighted by Crippen LogP contribution is 2.41. The van der Waals surface area contributed by atoms with Gasteiger partial charge in [-0.1, -0.05) is 141 Å². The monoisotopic (exact) mass is 668 g/mol. The fourth-order valence-corrected chi connectivity index (χ4v) is 4.91. The fourth-order valence-electron chi connectivity index (χ4n) is 4.08. The van der Waals surface area contributed by atoms with Gasteiger partial charge in [-0.15, -0.1) is 0 Å². The number of halogens is 4. The van der Waals surface area contributed by atoms with Crippen molar-refractivity contribution < 1.29 is 0 Å². The molecule has 0 heterocycles. The molecule has 0 aliphatic carbocycles. The minimum absolute atomic E-state index is 0.188. The first-order valence-corrected chi connectivity index (χ1v) is 16.3. The van der Waals surface area contributed by atoms with Gasteiger partial charge in [0.25, 0.3) is 0 Å². The highest BCUT2D eigenvalue weighted by atomic mass is 35.5. The summed E-state index contributed by atoms with van der Waals surface area (Å²) in [5.74, 6) is -0.188. The average Bonchev–Trinajstić information content (AvgIpc) is 3.05. The first-order valence-electron chi connectivity index (χ1n) is 14.8. The van der Waals surface area contributed by atoms with Crippen LogP contribution in [0.25, 0.3) is 0 Å². The highest BCUT2D eigenvalue weighted by Gasteiger charge is 2.22. The Hall–Kier alpha value is -3.14. The van der Waals surface area contributed by atoms with Gasteiger partial charge >= 0.3 is 0 Å². The first-order chi connectivity index (χ1) is 21.3. The topological polar surface area (TPSA) is 24.1 Å². The second kappa shape index (κ2) is 21.5. The molecule has 1 atom stereocenters. The predicted octanol–water partition coefficient (Wildman–Crippen LogP) is 13.9. The second-order valence-electron chi connectivity index (χ2n) is 8.85. The van der Waals surface area contributed by atoms with E-state index in [0.29, 0.717) is 20.1 Å². The van der Waals surface area contributed by atoms with Crippen LogP contribution in [-0.2, 0) is 0 Å². The molecule has 0 saturated carbocycles. The Morgan fingerprint density at radius 2 is 1.25 bits per heavy atom. The third-order valence-corrected chi connectivity index (χ3v) is 7.36. The smallest absolute Gasteiger partial charge is 0.0598 e. The van der Waals surface area contributed by atoms with E-state index in [1.54, 1.807) is 6.08 Å². The zero-order valence-corrected chi connectivity index (χ0v) is 29.7. The molecule has 2 nitrogen and oxygen atoms in total. The minimum atomic E-state index is -0.188. The van der Waals surface area contributed by atoms with Crippen LogP contribution < -0.4 is 10.6 Å². The van der Waals surface area contributed by atoms with Gasteiger partial charge in [0.05, 0.1) is 16.4 Å². The highest BCUT2D eigenvalue weighted by molar-refractivity contribution is 6.36. The molecule has 2 N–H and O–H groups in total. The van der Waals surface area contributed by atoms with Crippen molar-refractivity contribution in [3.05, 3.63) is 164 Å². The van der Waals surface area contributed by atoms with Crippen LogP contribution in [0.5, 0.6) is 0 Å². The van der Waals surface area contributed by atoms with Crippen molar-refractivity contribution in [2.24, 2.45) is 0 Å². The van der Waals surface area contributed by atoms with Crippen LogP contribution in [0.15, 0.2) is 137 Å². The van der Waals surface area contributed by atoms with Gasteiger partial charge in [-0.05, 0) is 80.4 Å². The van der Waals surface area contributed by atoms with Crippen LogP contribution >= 0.6 is 46.4 Å². The van der Waals surface area contributed by atoms with Crippen molar-refractivity contribution in [1.29, 1.82) is 0 Å². The van der Waals surface area contributed by atoms with Crippen molar-refractivity contribution in [3.8, 4) is 0 Å². The molecule has 234 valence electrons. The maximum Gasteiger partial charge on any atom is 0.0598 e. The number of allylic oxidation sites excluding steroid dienone is 9. The summed E-state index contributed by atoms with van der Waals surface area (Å²) in [6.45, 7) is 17.4. The molecule has 0 aliphatic rings. The van der Waals surface area contributed by atoms with E-state index in [0.717, 1.165) is 39.5 Å². The molecule has 0 aromatic heterocycles. The molecule has 0 radical (unpaired) electrons. The molecule has 1 unspecified atom stereocenters. The van der Waals surface area contributed by atoms with E-state index < -0.39 is 0 Å². The van der Waals surface area contributed by atoms with Crippen molar-refractivity contribution in [1.82, 2.24) is 0 Å². The molecule has 0 amide bonds. The third-order valence-electron chi connectivity index (χ3n) is 6.07. The van der Waals surface area contributed by atoms with E-state index >= 15 is 0 Å². The molecule has 44 heavy (non-hydrogen) atoms. The number of anilines is 2. The molecule has 3 aromatic carbocycles. The van der Waals surface area contributed by atoms with Gasteiger partial charge < -0.3 is 10.6 Å². The van der Waals surface area contributed by atoms with Gasteiger partial charge in [0.1, 0.15) is 0 Å². The van der Waals surface area contributed by atoms with Gasteiger partial charge in [-0.2, -0.15) is 0 Å². The summed E-state index contributed by atoms with van der Waals surface area (Å²) in [6.07, 6.45) is 13.1. The molecule has 0 aliphatic heterocycles. The standard InChI is InChI=1S/C34H32Cl4N2.2C2H6/c1-5-8-13-31(23(4)35)39-26-19-15-24(16-20-26)33(34-29(37)11-10-12-30(34)38)25-17-21-27(22-18-25)40-32(14-9-6-2)28(36)7-3;2*1-2/h5-22,33,39-40H,1H2,2-4H3;2*1-2H3/b9-6-,13-8-,28-7+,31-23-,32-14+;;. The van der Waals surface area contributed by atoms with Gasteiger partial charge in [0, 0.05) is 37.9 Å². The van der Waals surface area contributed by atoms with E-state index in [4.69, 9.17) is 46.4 Å². The summed E-state index contributed by atoms with van der Waals surface area (Å²) in [5, 5.41) is 9.27. The molecule has 6 heteroatoms. The zero-order valence-electron chi connectivity index (χ0n) is 26.7. The van der Waals surface area contributed by atoms with Crippen molar-refractivity contribution >= 4 is 57.8 Å². The Bertz CT molecular complexity index is 1440. The molecular weight excluding hydrogens is 626 g/mol. The number of rotatable bonds is 11. The van der Waals surface area contributed by atoms with Crippen LogP contribution in [0.3, 0.4) is 0 Å². The van der Waals surface area contributed by atoms with Crippen LogP contribution in [0.2, 0.25) is 10.0 Å². The first kappa shape index (κ1) is 38.9. The SMILES string of the molecule is C=C/C=C\C(Nc1ccc(C(c2ccc(NC(=C/C=C\C)/C(Cl)=C\C)cc2)c2c(Cl)cccc2Cl)cc1)=C(/C)Cl.CC.CC. The molecule has 0 spiro atoms. The lowest BCUT2D eigenvalue weighted by atomic mass is 9.85. The summed E-state index contributed by atoms with van der Waals surface area (Å²) in [4.78, 5) is 0. The summed E-state index contributed by atoms with van der Waals surface area (Å²) in [5.41, 5.74) is 6.36. The van der Waals surface area contributed by atoms with Crippen molar-refractivity contribution in [2.75, 3.05) is 10.6 Å². The van der Waals surface area contributed by atoms with Crippen LogP contribution in [0.4, 0.5) is 11.4 Å². The van der Waals surface area contributed by atoms with Crippen LogP contribution in [-0.4, -0.2) is 0 Å². The Morgan fingerprint density at radius 3 is 1.68 bits per heavy atom. The van der Waals surface area contributed by atoms with E-state index in [1.807, 2.05) is 127 Å². The number of hydrogen-bond donors (Lipinski definition) is 2. The molecule has 0 bridgehead atoms. The maximum absolute atomic E-state index is 6.73. The molecule has 0 saturated heterocycles. The largest absolute Gasteiger partial charge is 0.355 e. The lowest BCUT2D eigenvalue weighted by Gasteiger charge is -2.22. The number of hydrogen-bond acceptors (Lipinski definition) is 2. The second-order valence-corrected chi connectivity index (χ2v) is 10.6. The Kier molecular flexibility index (Phi) is 19.0. The lowest BCUT2D eigenvalue weighted by molar-refractivity contribution is 0.978. The lowest BCUT2D eigenvalue weighted by Crippen LogP contribution is -2.06. The third kappa shape index (κ3) is 11.7. The summed E-state index contributed by atoms with van der Waals surface area (Å²) >= 11 is 26.2. The Labute approximate surface area is 285 Å². The Morgan fingerprint density at radius 1 is 0.750 bits per heavy atom. The maximum atomic E-state index is 6.73. The summed E-state index contributed by atoms with van der Waals surface area (Å²) in [6, 6.07) is 22.0. The van der Waals surface area contributed by atoms with Crippen LogP contribution in [0, 0.1) is 0 Å². The van der Waals surface area contributed by atoms with E-state index in [9.17, 15) is 0 Å². The van der Waals surface area contributed by atoms with E-state index in [1.165, 1.54) is 0 Å². The summed E-state index contributed by atoms with van der Waals surface area (Å²) < 4.78 is 0. The predicted molar refractivity (Wildman–Crippen MR) is 201 cm³/mol. The summed E-state index contributed by atoms with van der Waals surface area (Å²) in [7, 11) is 0. The average molecular weight is 671 g/mol.